The molecule has 6 heteroatoms. The van der Waals surface area contributed by atoms with Gasteiger partial charge in [-0.3, -0.25) is 4.79 Å². The van der Waals surface area contributed by atoms with Crippen molar-refractivity contribution >= 4 is 5.69 Å². The van der Waals surface area contributed by atoms with Crippen LogP contribution in [0.4, 0.5) is 5.69 Å². The van der Waals surface area contributed by atoms with Gasteiger partial charge in [0.25, 0.3) is 0 Å². The predicted molar refractivity (Wildman–Crippen MR) is 121 cm³/mol. The Morgan fingerprint density at radius 2 is 1.80 bits per heavy atom. The summed E-state index contributed by atoms with van der Waals surface area (Å²) in [5.41, 5.74) is 4.58. The van der Waals surface area contributed by atoms with Gasteiger partial charge < -0.3 is 24.8 Å². The van der Waals surface area contributed by atoms with Crippen molar-refractivity contribution in [3.05, 3.63) is 45.6 Å². The zero-order valence-corrected chi connectivity index (χ0v) is 18.7. The summed E-state index contributed by atoms with van der Waals surface area (Å²) < 4.78 is 17.0. The van der Waals surface area contributed by atoms with Crippen LogP contribution in [0, 0.1) is 5.92 Å². The van der Waals surface area contributed by atoms with Crippen LogP contribution >= 0.6 is 0 Å². The van der Waals surface area contributed by atoms with Crippen LogP contribution in [0.15, 0.2) is 29.1 Å². The molecule has 0 saturated heterocycles. The molecule has 2 N–H and O–H groups in total. The lowest BCUT2D eigenvalue weighted by Crippen LogP contribution is -2.18. The number of anilines is 1. The lowest BCUT2D eigenvalue weighted by Gasteiger charge is -2.19. The highest BCUT2D eigenvalue weighted by Crippen LogP contribution is 2.50. The van der Waals surface area contributed by atoms with Crippen LogP contribution in [-0.4, -0.2) is 34.9 Å². The van der Waals surface area contributed by atoms with Crippen LogP contribution in [0.25, 0.3) is 11.1 Å². The SMILES string of the molecule is CNC1CCc2cc(OC)c(OC)c(OC)c2-c2ccc(NCC(C)C)c(=O)cc21. The molecule has 0 bridgehead atoms. The van der Waals surface area contributed by atoms with Crippen molar-refractivity contribution in [2.24, 2.45) is 5.92 Å². The summed E-state index contributed by atoms with van der Waals surface area (Å²) >= 11 is 0. The van der Waals surface area contributed by atoms with E-state index < -0.39 is 0 Å². The molecule has 0 heterocycles. The molecule has 3 rings (SSSR count). The molecule has 6 nitrogen and oxygen atoms in total. The van der Waals surface area contributed by atoms with E-state index in [1.165, 1.54) is 0 Å². The van der Waals surface area contributed by atoms with Gasteiger partial charge in [0.2, 0.25) is 11.2 Å². The monoisotopic (exact) mass is 412 g/mol. The molecule has 2 aromatic rings. The van der Waals surface area contributed by atoms with Gasteiger partial charge in [0, 0.05) is 18.2 Å². The summed E-state index contributed by atoms with van der Waals surface area (Å²) in [4.78, 5) is 13.0. The third-order valence-electron chi connectivity index (χ3n) is 5.59. The molecule has 0 saturated carbocycles. The van der Waals surface area contributed by atoms with E-state index in [0.29, 0.717) is 28.9 Å². The number of rotatable bonds is 7. The van der Waals surface area contributed by atoms with Crippen LogP contribution < -0.4 is 30.3 Å². The summed E-state index contributed by atoms with van der Waals surface area (Å²) in [7, 11) is 6.80. The van der Waals surface area contributed by atoms with Gasteiger partial charge in [-0.2, -0.15) is 0 Å². The van der Waals surface area contributed by atoms with Gasteiger partial charge in [0.1, 0.15) is 0 Å². The normalized spacial score (nSPS) is 15.1. The van der Waals surface area contributed by atoms with Crippen molar-refractivity contribution in [2.75, 3.05) is 40.2 Å². The molecular formula is C24H32N2O4. The molecule has 0 aliphatic heterocycles. The molecule has 0 amide bonds. The zero-order valence-electron chi connectivity index (χ0n) is 18.7. The van der Waals surface area contributed by atoms with Crippen molar-refractivity contribution in [2.45, 2.75) is 32.7 Å². The van der Waals surface area contributed by atoms with Crippen molar-refractivity contribution in [3.63, 3.8) is 0 Å². The molecule has 0 fully saturated rings. The molecule has 30 heavy (non-hydrogen) atoms. The summed E-state index contributed by atoms with van der Waals surface area (Å²) in [5, 5.41) is 6.67. The van der Waals surface area contributed by atoms with E-state index in [4.69, 9.17) is 14.2 Å². The Bertz CT molecular complexity index is 972. The molecule has 1 atom stereocenters. The molecular weight excluding hydrogens is 380 g/mol. The molecule has 0 radical (unpaired) electrons. The number of aryl methyl sites for hydroxylation is 1. The van der Waals surface area contributed by atoms with Gasteiger partial charge in [0.15, 0.2) is 11.5 Å². The minimum Gasteiger partial charge on any atom is -0.493 e. The topological polar surface area (TPSA) is 68.8 Å². The van der Waals surface area contributed by atoms with Gasteiger partial charge in [-0.25, -0.2) is 0 Å². The molecule has 0 spiro atoms. The number of nitrogens with one attached hydrogen (secondary N) is 2. The predicted octanol–water partition coefficient (Wildman–Crippen LogP) is 4.01. The second-order valence-electron chi connectivity index (χ2n) is 7.96. The summed E-state index contributed by atoms with van der Waals surface area (Å²) in [6.07, 6.45) is 1.68. The third kappa shape index (κ3) is 4.10. The van der Waals surface area contributed by atoms with Gasteiger partial charge >= 0.3 is 0 Å². The molecule has 0 aromatic heterocycles. The van der Waals surface area contributed by atoms with Gasteiger partial charge in [-0.1, -0.05) is 19.9 Å². The number of hydrogen-bond donors (Lipinski definition) is 2. The summed E-state index contributed by atoms with van der Waals surface area (Å²) in [6, 6.07) is 7.71. The van der Waals surface area contributed by atoms with Crippen molar-refractivity contribution < 1.29 is 14.2 Å². The highest BCUT2D eigenvalue weighted by atomic mass is 16.5. The minimum absolute atomic E-state index is 0.0138. The maximum Gasteiger partial charge on any atom is 0.203 e. The van der Waals surface area contributed by atoms with E-state index in [1.54, 1.807) is 27.4 Å². The molecule has 1 unspecified atom stereocenters. The van der Waals surface area contributed by atoms with Crippen LogP contribution in [0.2, 0.25) is 0 Å². The Morgan fingerprint density at radius 1 is 1.07 bits per heavy atom. The first-order chi connectivity index (χ1) is 14.4. The van der Waals surface area contributed by atoms with Crippen LogP contribution in [0.3, 0.4) is 0 Å². The van der Waals surface area contributed by atoms with Gasteiger partial charge in [-0.05, 0) is 60.7 Å². The fourth-order valence-corrected chi connectivity index (χ4v) is 4.07. The molecule has 162 valence electrons. The largest absolute Gasteiger partial charge is 0.493 e. The number of benzene rings is 1. The second kappa shape index (κ2) is 9.39. The summed E-state index contributed by atoms with van der Waals surface area (Å²) in [5.74, 6) is 2.26. The fraction of sp³-hybridized carbons (Fsp3) is 0.458. The average molecular weight is 413 g/mol. The Balaban J connectivity index is 2.32. The van der Waals surface area contributed by atoms with Crippen molar-refractivity contribution in [3.8, 4) is 28.4 Å². The standard InChI is InChI=1S/C24H32N2O4/c1-14(2)13-26-19-10-8-16-17(12-20(19)27)18(25-3)9-7-15-11-21(28-4)23(29-5)24(30-6)22(15)16/h8,10-12,14,18,25H,7,9,13H2,1-6H3,(H,26,27). The quantitative estimate of drug-likeness (QED) is 0.716. The molecule has 2 aromatic carbocycles. The van der Waals surface area contributed by atoms with Gasteiger partial charge in [0.05, 0.1) is 27.0 Å². The Hall–Kier alpha value is -2.73. The molecule has 1 aliphatic carbocycles. The number of fused-ring (bicyclic) bond motifs is 3. The first kappa shape index (κ1) is 22.0. The van der Waals surface area contributed by atoms with E-state index in [2.05, 4.69) is 24.5 Å². The first-order valence-electron chi connectivity index (χ1n) is 10.4. The smallest absolute Gasteiger partial charge is 0.203 e. The van der Waals surface area contributed by atoms with Crippen molar-refractivity contribution in [1.29, 1.82) is 0 Å². The lowest BCUT2D eigenvalue weighted by atomic mass is 9.95. The van der Waals surface area contributed by atoms with Gasteiger partial charge in [-0.15, -0.1) is 0 Å². The third-order valence-corrected chi connectivity index (χ3v) is 5.59. The zero-order chi connectivity index (χ0) is 21.8. The summed E-state index contributed by atoms with van der Waals surface area (Å²) in [6.45, 7) is 4.98. The lowest BCUT2D eigenvalue weighted by molar-refractivity contribution is 0.324. The van der Waals surface area contributed by atoms with Crippen LogP contribution in [-0.2, 0) is 6.42 Å². The van der Waals surface area contributed by atoms with E-state index in [1.807, 2.05) is 25.2 Å². The second-order valence-corrected chi connectivity index (χ2v) is 7.96. The Kier molecular flexibility index (Phi) is 6.87. The highest BCUT2D eigenvalue weighted by molar-refractivity contribution is 5.83. The number of hydrogen-bond acceptors (Lipinski definition) is 6. The number of methoxy groups -OCH3 is 3. The maximum absolute atomic E-state index is 13.0. The van der Waals surface area contributed by atoms with Crippen molar-refractivity contribution in [1.82, 2.24) is 5.32 Å². The number of ether oxygens (including phenoxy) is 3. The highest BCUT2D eigenvalue weighted by Gasteiger charge is 2.28. The Morgan fingerprint density at radius 3 is 2.40 bits per heavy atom. The fourth-order valence-electron chi connectivity index (χ4n) is 4.07. The maximum atomic E-state index is 13.0. The van der Waals surface area contributed by atoms with E-state index in [-0.39, 0.29) is 11.5 Å². The van der Waals surface area contributed by atoms with Crippen LogP contribution in [0.5, 0.6) is 17.2 Å². The minimum atomic E-state index is -0.0138. The van der Waals surface area contributed by atoms with E-state index in [9.17, 15) is 4.79 Å². The van der Waals surface area contributed by atoms with E-state index in [0.717, 1.165) is 41.6 Å². The average Bonchev–Trinajstić information content (AvgIpc) is 2.98. The van der Waals surface area contributed by atoms with E-state index >= 15 is 0 Å². The first-order valence-corrected chi connectivity index (χ1v) is 10.4. The van der Waals surface area contributed by atoms with Crippen LogP contribution in [0.1, 0.15) is 37.4 Å². The Labute approximate surface area is 178 Å². The molecule has 1 aliphatic rings.